The second-order valence-corrected chi connectivity index (χ2v) is 4.57. The number of rotatable bonds is 6. The summed E-state index contributed by atoms with van der Waals surface area (Å²) in [5.74, 6) is 0.184. The van der Waals surface area contributed by atoms with Gasteiger partial charge in [0.2, 0.25) is 5.91 Å². The molecule has 0 aliphatic carbocycles. The van der Waals surface area contributed by atoms with E-state index in [9.17, 15) is 4.79 Å². The van der Waals surface area contributed by atoms with Crippen molar-refractivity contribution in [2.45, 2.75) is 39.7 Å². The minimum Gasteiger partial charge on any atom is -0.334 e. The van der Waals surface area contributed by atoms with Crippen molar-refractivity contribution in [2.75, 3.05) is 19.6 Å². The van der Waals surface area contributed by atoms with E-state index in [0.29, 0.717) is 13.0 Å². The quantitative estimate of drug-likeness (QED) is 0.538. The van der Waals surface area contributed by atoms with Gasteiger partial charge in [0, 0.05) is 25.0 Å². The Morgan fingerprint density at radius 2 is 2.07 bits per heavy atom. The van der Waals surface area contributed by atoms with Crippen LogP contribution >= 0.6 is 0 Å². The number of nitrogens with one attached hydrogen (secondary N) is 1. The van der Waals surface area contributed by atoms with Crippen LogP contribution in [-0.2, 0) is 4.79 Å². The van der Waals surface area contributed by atoms with Gasteiger partial charge in [-0.05, 0) is 27.3 Å². The van der Waals surface area contributed by atoms with E-state index in [-0.39, 0.29) is 11.4 Å². The van der Waals surface area contributed by atoms with E-state index in [1.54, 1.807) is 6.08 Å². The van der Waals surface area contributed by atoms with E-state index in [2.05, 4.69) is 11.9 Å². The van der Waals surface area contributed by atoms with Gasteiger partial charge in [-0.2, -0.15) is 0 Å². The van der Waals surface area contributed by atoms with Gasteiger partial charge in [0.1, 0.15) is 0 Å². The van der Waals surface area contributed by atoms with Crippen molar-refractivity contribution in [3.05, 3.63) is 12.7 Å². The number of hydrogen-bond donors (Lipinski definition) is 1. The van der Waals surface area contributed by atoms with E-state index < -0.39 is 0 Å². The van der Waals surface area contributed by atoms with E-state index in [0.717, 1.165) is 13.1 Å². The first-order valence-electron chi connectivity index (χ1n) is 5.55. The lowest BCUT2D eigenvalue weighted by molar-refractivity contribution is -0.135. The van der Waals surface area contributed by atoms with Crippen LogP contribution in [0.3, 0.4) is 0 Å². The molecule has 15 heavy (non-hydrogen) atoms. The smallest absolute Gasteiger partial charge is 0.224 e. The van der Waals surface area contributed by atoms with Crippen LogP contribution in [0.1, 0.15) is 34.1 Å². The lowest BCUT2D eigenvalue weighted by Gasteiger charge is -2.35. The summed E-state index contributed by atoms with van der Waals surface area (Å²) >= 11 is 0. The van der Waals surface area contributed by atoms with Gasteiger partial charge >= 0.3 is 0 Å². The topological polar surface area (TPSA) is 32.3 Å². The van der Waals surface area contributed by atoms with Crippen molar-refractivity contribution in [3.63, 3.8) is 0 Å². The maximum Gasteiger partial charge on any atom is 0.224 e. The molecule has 1 N–H and O–H groups in total. The van der Waals surface area contributed by atoms with Gasteiger partial charge < -0.3 is 10.2 Å². The highest BCUT2D eigenvalue weighted by Gasteiger charge is 2.24. The van der Waals surface area contributed by atoms with Crippen LogP contribution in [0.4, 0.5) is 0 Å². The zero-order chi connectivity index (χ0) is 11.9. The molecule has 0 fully saturated rings. The zero-order valence-corrected chi connectivity index (χ0v) is 10.5. The summed E-state index contributed by atoms with van der Waals surface area (Å²) in [7, 11) is 0. The normalized spacial score (nSPS) is 11.2. The Balaban J connectivity index is 4.23. The van der Waals surface area contributed by atoms with Gasteiger partial charge in [-0.15, -0.1) is 6.58 Å². The SMILES string of the molecule is C=CCN(C(=O)CCNCC)C(C)(C)C. The number of carbonyl (C=O) groups is 1. The second kappa shape index (κ2) is 6.62. The van der Waals surface area contributed by atoms with Gasteiger partial charge in [0.05, 0.1) is 0 Å². The molecule has 3 nitrogen and oxygen atoms in total. The summed E-state index contributed by atoms with van der Waals surface area (Å²) < 4.78 is 0. The van der Waals surface area contributed by atoms with Crippen LogP contribution in [-0.4, -0.2) is 36.0 Å². The molecule has 0 radical (unpaired) electrons. The lowest BCUT2D eigenvalue weighted by Crippen LogP contribution is -2.46. The van der Waals surface area contributed by atoms with Crippen molar-refractivity contribution in [1.82, 2.24) is 10.2 Å². The standard InChI is InChI=1S/C12H24N2O/c1-6-10-14(12(3,4)5)11(15)8-9-13-7-2/h6,13H,1,7-10H2,2-5H3. The molecular formula is C12H24N2O. The van der Waals surface area contributed by atoms with E-state index >= 15 is 0 Å². The summed E-state index contributed by atoms with van der Waals surface area (Å²) in [4.78, 5) is 13.8. The molecule has 1 amide bonds. The monoisotopic (exact) mass is 212 g/mol. The van der Waals surface area contributed by atoms with Gasteiger partial charge in [-0.25, -0.2) is 0 Å². The van der Waals surface area contributed by atoms with Crippen LogP contribution in [0.5, 0.6) is 0 Å². The molecule has 0 bridgehead atoms. The molecule has 0 rings (SSSR count). The molecule has 88 valence electrons. The van der Waals surface area contributed by atoms with E-state index in [1.807, 2.05) is 32.6 Å². The third-order valence-corrected chi connectivity index (χ3v) is 2.19. The lowest BCUT2D eigenvalue weighted by atomic mass is 10.1. The predicted molar refractivity (Wildman–Crippen MR) is 64.8 cm³/mol. The minimum atomic E-state index is -0.127. The number of carbonyl (C=O) groups excluding carboxylic acids is 1. The Hall–Kier alpha value is -0.830. The summed E-state index contributed by atoms with van der Waals surface area (Å²) in [6.45, 7) is 14.1. The summed E-state index contributed by atoms with van der Waals surface area (Å²) in [6.07, 6.45) is 2.33. The largest absolute Gasteiger partial charge is 0.334 e. The molecule has 0 unspecified atom stereocenters. The van der Waals surface area contributed by atoms with Crippen LogP contribution in [0.15, 0.2) is 12.7 Å². The molecule has 0 aliphatic rings. The third kappa shape index (κ3) is 5.57. The fourth-order valence-corrected chi connectivity index (χ4v) is 1.39. The van der Waals surface area contributed by atoms with Gasteiger partial charge in [0.25, 0.3) is 0 Å². The van der Waals surface area contributed by atoms with E-state index in [1.165, 1.54) is 0 Å². The Bertz CT molecular complexity index is 206. The van der Waals surface area contributed by atoms with Crippen molar-refractivity contribution in [1.29, 1.82) is 0 Å². The summed E-state index contributed by atoms with van der Waals surface area (Å²) in [6, 6.07) is 0. The summed E-state index contributed by atoms with van der Waals surface area (Å²) in [5, 5.41) is 3.15. The molecular weight excluding hydrogens is 188 g/mol. The molecule has 0 atom stereocenters. The summed E-state index contributed by atoms with van der Waals surface area (Å²) in [5.41, 5.74) is -0.127. The van der Waals surface area contributed by atoms with Crippen molar-refractivity contribution in [2.24, 2.45) is 0 Å². The average molecular weight is 212 g/mol. The number of hydrogen-bond acceptors (Lipinski definition) is 2. The van der Waals surface area contributed by atoms with Crippen molar-refractivity contribution >= 4 is 5.91 Å². The molecule has 0 saturated heterocycles. The Labute approximate surface area is 93.5 Å². The molecule has 0 aromatic carbocycles. The predicted octanol–water partition coefficient (Wildman–Crippen LogP) is 1.80. The molecule has 0 saturated carbocycles. The fraction of sp³-hybridized carbons (Fsp3) is 0.750. The maximum absolute atomic E-state index is 11.9. The highest BCUT2D eigenvalue weighted by Crippen LogP contribution is 2.14. The third-order valence-electron chi connectivity index (χ3n) is 2.19. The average Bonchev–Trinajstić information content (AvgIpc) is 2.12. The van der Waals surface area contributed by atoms with Crippen LogP contribution < -0.4 is 5.32 Å². The van der Waals surface area contributed by atoms with Crippen LogP contribution in [0.2, 0.25) is 0 Å². The van der Waals surface area contributed by atoms with Gasteiger partial charge in [-0.3, -0.25) is 4.79 Å². The number of amides is 1. The second-order valence-electron chi connectivity index (χ2n) is 4.57. The molecule has 0 aliphatic heterocycles. The maximum atomic E-state index is 11.9. The Kier molecular flexibility index (Phi) is 6.25. The first-order chi connectivity index (χ1) is 6.93. The molecule has 3 heteroatoms. The first-order valence-corrected chi connectivity index (χ1v) is 5.55. The zero-order valence-electron chi connectivity index (χ0n) is 10.5. The van der Waals surface area contributed by atoms with Gasteiger partial charge in [0.15, 0.2) is 0 Å². The van der Waals surface area contributed by atoms with Crippen molar-refractivity contribution < 1.29 is 4.79 Å². The number of nitrogens with zero attached hydrogens (tertiary/aromatic N) is 1. The molecule has 0 aromatic rings. The molecule has 0 aromatic heterocycles. The van der Waals surface area contributed by atoms with Crippen LogP contribution in [0, 0.1) is 0 Å². The highest BCUT2D eigenvalue weighted by atomic mass is 16.2. The first kappa shape index (κ1) is 14.2. The van der Waals surface area contributed by atoms with Crippen molar-refractivity contribution in [3.8, 4) is 0 Å². The van der Waals surface area contributed by atoms with Crippen LogP contribution in [0.25, 0.3) is 0 Å². The fourth-order valence-electron chi connectivity index (χ4n) is 1.39. The Morgan fingerprint density at radius 1 is 1.47 bits per heavy atom. The molecule has 0 spiro atoms. The van der Waals surface area contributed by atoms with E-state index in [4.69, 9.17) is 0 Å². The Morgan fingerprint density at radius 3 is 2.47 bits per heavy atom. The van der Waals surface area contributed by atoms with Gasteiger partial charge in [-0.1, -0.05) is 13.0 Å². The highest BCUT2D eigenvalue weighted by molar-refractivity contribution is 5.77. The minimum absolute atomic E-state index is 0.127. The molecule has 0 heterocycles.